The molecule has 0 amide bonds. The number of nitrogens with zero attached hydrogens (tertiary/aromatic N) is 1. The fourth-order valence-electron chi connectivity index (χ4n) is 1.94. The molecule has 5 heteroatoms. The van der Waals surface area contributed by atoms with Gasteiger partial charge in [0.1, 0.15) is 11.4 Å². The molecule has 0 saturated carbocycles. The van der Waals surface area contributed by atoms with Crippen molar-refractivity contribution in [2.24, 2.45) is 5.92 Å². The summed E-state index contributed by atoms with van der Waals surface area (Å²) in [7, 11) is 0. The van der Waals surface area contributed by atoms with Crippen molar-refractivity contribution in [3.63, 3.8) is 0 Å². The number of carboxylic acids is 1. The highest BCUT2D eigenvalue weighted by atomic mass is 16.4. The Kier molecular flexibility index (Phi) is 4.67. The van der Waals surface area contributed by atoms with Gasteiger partial charge in [0.15, 0.2) is 0 Å². The van der Waals surface area contributed by atoms with Crippen molar-refractivity contribution in [2.45, 2.75) is 32.8 Å². The summed E-state index contributed by atoms with van der Waals surface area (Å²) in [4.78, 5) is 15.0. The van der Waals surface area contributed by atoms with E-state index in [-0.39, 0.29) is 17.9 Å². The lowest BCUT2D eigenvalue weighted by Crippen LogP contribution is -2.35. The summed E-state index contributed by atoms with van der Waals surface area (Å²) in [6.45, 7) is 6.04. The lowest BCUT2D eigenvalue weighted by atomic mass is 9.94. The third kappa shape index (κ3) is 4.33. The van der Waals surface area contributed by atoms with E-state index in [9.17, 15) is 9.90 Å². The molecular formula is C13H20N2O3. The number of carboxylic acid groups (broad SMARTS) is 1. The zero-order valence-corrected chi connectivity index (χ0v) is 11.0. The van der Waals surface area contributed by atoms with E-state index in [2.05, 4.69) is 10.3 Å². The monoisotopic (exact) mass is 252 g/mol. The highest BCUT2D eigenvalue weighted by molar-refractivity contribution is 5.92. The number of aromatic carboxylic acids is 1. The molecule has 0 aliphatic rings. The Labute approximate surface area is 107 Å². The molecule has 18 heavy (non-hydrogen) atoms. The average molecular weight is 252 g/mol. The maximum atomic E-state index is 11.0. The first-order chi connectivity index (χ1) is 8.32. The van der Waals surface area contributed by atoms with Crippen LogP contribution in [-0.2, 0) is 0 Å². The van der Waals surface area contributed by atoms with Gasteiger partial charge in [0.05, 0.1) is 5.60 Å². The maximum Gasteiger partial charge on any atom is 0.339 e. The molecule has 1 aromatic heterocycles. The van der Waals surface area contributed by atoms with Gasteiger partial charge in [-0.3, -0.25) is 0 Å². The topological polar surface area (TPSA) is 82.5 Å². The molecule has 1 heterocycles. The Morgan fingerprint density at radius 3 is 2.78 bits per heavy atom. The molecule has 0 aliphatic heterocycles. The molecule has 1 aromatic rings. The predicted octanol–water partition coefficient (Wildman–Crippen LogP) is 1.99. The van der Waals surface area contributed by atoms with Crippen LogP contribution >= 0.6 is 0 Å². The molecule has 0 aromatic carbocycles. The first-order valence-electron chi connectivity index (χ1n) is 5.96. The van der Waals surface area contributed by atoms with Gasteiger partial charge >= 0.3 is 5.97 Å². The summed E-state index contributed by atoms with van der Waals surface area (Å²) in [6, 6.07) is 3.05. The third-order valence-corrected chi connectivity index (χ3v) is 2.52. The van der Waals surface area contributed by atoms with Gasteiger partial charge in [-0.15, -0.1) is 0 Å². The highest BCUT2D eigenvalue weighted by Crippen LogP contribution is 2.18. The van der Waals surface area contributed by atoms with Crippen LogP contribution in [0.15, 0.2) is 18.3 Å². The van der Waals surface area contributed by atoms with Crippen molar-refractivity contribution in [1.82, 2.24) is 4.98 Å². The van der Waals surface area contributed by atoms with E-state index in [0.717, 1.165) is 0 Å². The molecule has 100 valence electrons. The molecule has 0 bridgehead atoms. The van der Waals surface area contributed by atoms with E-state index in [1.807, 2.05) is 13.8 Å². The molecular weight excluding hydrogens is 232 g/mol. The standard InChI is InChI=1S/C13H20N2O3/c1-9(2)7-13(3,18)8-15-11-10(12(16)17)5-4-6-14-11/h4-6,9,18H,7-8H2,1-3H3,(H,14,15)(H,16,17). The average Bonchev–Trinajstić information content (AvgIpc) is 2.25. The van der Waals surface area contributed by atoms with Crippen molar-refractivity contribution in [3.8, 4) is 0 Å². The Morgan fingerprint density at radius 2 is 2.22 bits per heavy atom. The van der Waals surface area contributed by atoms with Crippen LogP contribution in [0, 0.1) is 5.92 Å². The zero-order valence-electron chi connectivity index (χ0n) is 11.0. The van der Waals surface area contributed by atoms with E-state index in [0.29, 0.717) is 12.3 Å². The normalized spacial score (nSPS) is 14.3. The molecule has 0 fully saturated rings. The predicted molar refractivity (Wildman–Crippen MR) is 69.8 cm³/mol. The van der Waals surface area contributed by atoms with Crippen molar-refractivity contribution in [1.29, 1.82) is 0 Å². The summed E-state index contributed by atoms with van der Waals surface area (Å²) < 4.78 is 0. The van der Waals surface area contributed by atoms with Gasteiger partial charge in [-0.05, 0) is 31.4 Å². The van der Waals surface area contributed by atoms with Gasteiger partial charge < -0.3 is 15.5 Å². The number of carbonyl (C=O) groups is 1. The summed E-state index contributed by atoms with van der Waals surface area (Å²) >= 11 is 0. The lowest BCUT2D eigenvalue weighted by Gasteiger charge is -2.26. The van der Waals surface area contributed by atoms with Crippen molar-refractivity contribution >= 4 is 11.8 Å². The van der Waals surface area contributed by atoms with Crippen LogP contribution in [0.1, 0.15) is 37.6 Å². The van der Waals surface area contributed by atoms with Gasteiger partial charge in [0.25, 0.3) is 0 Å². The molecule has 5 nitrogen and oxygen atoms in total. The second kappa shape index (κ2) is 5.82. The molecule has 0 saturated heterocycles. The molecule has 0 spiro atoms. The maximum absolute atomic E-state index is 11.0. The SMILES string of the molecule is CC(C)CC(C)(O)CNc1ncccc1C(=O)O. The Morgan fingerprint density at radius 1 is 1.56 bits per heavy atom. The van der Waals surface area contributed by atoms with Crippen molar-refractivity contribution in [3.05, 3.63) is 23.9 Å². The van der Waals surface area contributed by atoms with E-state index in [1.165, 1.54) is 12.3 Å². The second-order valence-electron chi connectivity index (χ2n) is 5.15. The summed E-state index contributed by atoms with van der Waals surface area (Å²) in [6.07, 6.45) is 2.15. The number of rotatable bonds is 6. The van der Waals surface area contributed by atoms with E-state index in [1.54, 1.807) is 13.0 Å². The number of aliphatic hydroxyl groups is 1. The second-order valence-corrected chi connectivity index (χ2v) is 5.15. The molecule has 0 aliphatic carbocycles. The van der Waals surface area contributed by atoms with Crippen LogP contribution in [0.2, 0.25) is 0 Å². The summed E-state index contributed by atoms with van der Waals surface area (Å²) in [5, 5.41) is 22.0. The van der Waals surface area contributed by atoms with E-state index in [4.69, 9.17) is 5.11 Å². The van der Waals surface area contributed by atoms with Crippen LogP contribution in [0.4, 0.5) is 5.82 Å². The first-order valence-corrected chi connectivity index (χ1v) is 5.96. The molecule has 0 radical (unpaired) electrons. The Bertz CT molecular complexity index is 416. The smallest absolute Gasteiger partial charge is 0.339 e. The van der Waals surface area contributed by atoms with Gasteiger partial charge in [-0.25, -0.2) is 9.78 Å². The quantitative estimate of drug-likeness (QED) is 0.721. The minimum atomic E-state index is -1.03. The fraction of sp³-hybridized carbons (Fsp3) is 0.538. The number of aromatic nitrogens is 1. The molecule has 1 rings (SSSR count). The Hall–Kier alpha value is -1.62. The van der Waals surface area contributed by atoms with Crippen LogP contribution in [0.25, 0.3) is 0 Å². The number of anilines is 1. The van der Waals surface area contributed by atoms with Gasteiger partial charge in [0, 0.05) is 12.7 Å². The van der Waals surface area contributed by atoms with Gasteiger partial charge in [-0.2, -0.15) is 0 Å². The number of hydrogen-bond acceptors (Lipinski definition) is 4. The van der Waals surface area contributed by atoms with Crippen LogP contribution < -0.4 is 5.32 Å². The number of hydrogen-bond donors (Lipinski definition) is 3. The van der Waals surface area contributed by atoms with E-state index >= 15 is 0 Å². The Balaban J connectivity index is 2.71. The largest absolute Gasteiger partial charge is 0.478 e. The lowest BCUT2D eigenvalue weighted by molar-refractivity contribution is 0.0512. The minimum Gasteiger partial charge on any atom is -0.478 e. The third-order valence-electron chi connectivity index (χ3n) is 2.52. The van der Waals surface area contributed by atoms with Crippen LogP contribution in [-0.4, -0.2) is 33.3 Å². The van der Waals surface area contributed by atoms with Crippen molar-refractivity contribution in [2.75, 3.05) is 11.9 Å². The van der Waals surface area contributed by atoms with Gasteiger partial charge in [-0.1, -0.05) is 13.8 Å². The highest BCUT2D eigenvalue weighted by Gasteiger charge is 2.22. The zero-order chi connectivity index (χ0) is 13.8. The fourth-order valence-corrected chi connectivity index (χ4v) is 1.94. The number of nitrogens with one attached hydrogen (secondary N) is 1. The van der Waals surface area contributed by atoms with E-state index < -0.39 is 11.6 Å². The molecule has 1 atom stereocenters. The van der Waals surface area contributed by atoms with Crippen LogP contribution in [0.5, 0.6) is 0 Å². The van der Waals surface area contributed by atoms with Gasteiger partial charge in [0.2, 0.25) is 0 Å². The molecule has 3 N–H and O–H groups in total. The first kappa shape index (κ1) is 14.4. The minimum absolute atomic E-state index is 0.109. The number of pyridine rings is 1. The van der Waals surface area contributed by atoms with Crippen LogP contribution in [0.3, 0.4) is 0 Å². The van der Waals surface area contributed by atoms with Crippen molar-refractivity contribution < 1.29 is 15.0 Å². The molecule has 1 unspecified atom stereocenters. The summed E-state index contributed by atoms with van der Waals surface area (Å²) in [5.74, 6) is -0.382. The summed E-state index contributed by atoms with van der Waals surface area (Å²) in [5.41, 5.74) is -0.778.